The summed E-state index contributed by atoms with van der Waals surface area (Å²) in [5.74, 6) is 0.289. The standard InChI is InChI=1S/C14H21N3O2S/c1-10(8-11-4-3-7-20-11)9-16-14(19)17-12-5-2-6-15-13(12)18/h3-4,7,10,12H,2,5-6,8-9H2,1H3,(H,15,18)(H2,16,17,19)/t10-,12-/m1/s1. The predicted molar refractivity (Wildman–Crippen MR) is 79.8 cm³/mol. The number of hydrogen-bond donors (Lipinski definition) is 3. The first-order valence-corrected chi connectivity index (χ1v) is 7.87. The Balaban J connectivity index is 1.67. The van der Waals surface area contributed by atoms with E-state index in [4.69, 9.17) is 0 Å². The van der Waals surface area contributed by atoms with Gasteiger partial charge >= 0.3 is 6.03 Å². The molecular formula is C14H21N3O2S. The third-order valence-corrected chi connectivity index (χ3v) is 4.23. The molecule has 1 saturated heterocycles. The van der Waals surface area contributed by atoms with Crippen LogP contribution in [0.3, 0.4) is 0 Å². The van der Waals surface area contributed by atoms with Crippen LogP contribution in [0.4, 0.5) is 4.79 Å². The molecule has 0 spiro atoms. The lowest BCUT2D eigenvalue weighted by Crippen LogP contribution is -2.53. The molecule has 1 aromatic rings. The predicted octanol–water partition coefficient (Wildman–Crippen LogP) is 1.50. The Morgan fingerprint density at radius 2 is 2.45 bits per heavy atom. The van der Waals surface area contributed by atoms with E-state index < -0.39 is 6.04 Å². The van der Waals surface area contributed by atoms with Crippen molar-refractivity contribution in [1.82, 2.24) is 16.0 Å². The largest absolute Gasteiger partial charge is 0.354 e. The lowest BCUT2D eigenvalue weighted by Gasteiger charge is -2.23. The van der Waals surface area contributed by atoms with Crippen molar-refractivity contribution in [2.24, 2.45) is 5.92 Å². The van der Waals surface area contributed by atoms with Crippen LogP contribution in [0, 0.1) is 5.92 Å². The van der Waals surface area contributed by atoms with Gasteiger partial charge in [-0.15, -0.1) is 11.3 Å². The third kappa shape index (κ3) is 4.52. The zero-order valence-corrected chi connectivity index (χ0v) is 12.5. The molecular weight excluding hydrogens is 274 g/mol. The van der Waals surface area contributed by atoms with Crippen LogP contribution in [-0.4, -0.2) is 31.1 Å². The van der Waals surface area contributed by atoms with Crippen LogP contribution in [0.1, 0.15) is 24.6 Å². The molecule has 3 amide bonds. The highest BCUT2D eigenvalue weighted by atomic mass is 32.1. The van der Waals surface area contributed by atoms with Crippen molar-refractivity contribution in [3.05, 3.63) is 22.4 Å². The topological polar surface area (TPSA) is 70.2 Å². The molecule has 5 nitrogen and oxygen atoms in total. The van der Waals surface area contributed by atoms with E-state index in [2.05, 4.69) is 34.3 Å². The first kappa shape index (κ1) is 14.8. The molecule has 20 heavy (non-hydrogen) atoms. The van der Waals surface area contributed by atoms with Gasteiger partial charge in [0, 0.05) is 18.0 Å². The van der Waals surface area contributed by atoms with Crippen LogP contribution >= 0.6 is 11.3 Å². The molecule has 1 aliphatic rings. The zero-order chi connectivity index (χ0) is 14.4. The summed E-state index contributed by atoms with van der Waals surface area (Å²) in [5, 5.41) is 10.4. The second-order valence-corrected chi connectivity index (χ2v) is 6.26. The van der Waals surface area contributed by atoms with Gasteiger partial charge in [0.05, 0.1) is 0 Å². The fourth-order valence-corrected chi connectivity index (χ4v) is 3.10. The van der Waals surface area contributed by atoms with E-state index >= 15 is 0 Å². The highest BCUT2D eigenvalue weighted by molar-refractivity contribution is 7.09. The van der Waals surface area contributed by atoms with E-state index in [0.717, 1.165) is 12.8 Å². The number of nitrogens with one attached hydrogen (secondary N) is 3. The SMILES string of the molecule is C[C@@H](CNC(=O)N[C@@H]1CCCNC1=O)Cc1cccs1. The summed E-state index contributed by atoms with van der Waals surface area (Å²) in [7, 11) is 0. The van der Waals surface area contributed by atoms with Gasteiger partial charge < -0.3 is 16.0 Å². The Bertz CT molecular complexity index is 447. The maximum atomic E-state index is 11.8. The fraction of sp³-hybridized carbons (Fsp3) is 0.571. The second-order valence-electron chi connectivity index (χ2n) is 5.23. The van der Waals surface area contributed by atoms with Crippen molar-refractivity contribution in [3.8, 4) is 0 Å². The minimum Gasteiger partial charge on any atom is -0.354 e. The molecule has 0 unspecified atom stereocenters. The molecule has 1 fully saturated rings. The van der Waals surface area contributed by atoms with E-state index in [0.29, 0.717) is 25.4 Å². The van der Waals surface area contributed by atoms with Crippen LogP contribution < -0.4 is 16.0 Å². The quantitative estimate of drug-likeness (QED) is 0.770. The Morgan fingerprint density at radius 3 is 3.15 bits per heavy atom. The van der Waals surface area contributed by atoms with Gasteiger partial charge in [-0.3, -0.25) is 4.79 Å². The molecule has 0 aliphatic carbocycles. The van der Waals surface area contributed by atoms with E-state index in [-0.39, 0.29) is 11.9 Å². The number of piperidine rings is 1. The normalized spacial score (nSPS) is 20.1. The number of amides is 3. The van der Waals surface area contributed by atoms with Gasteiger partial charge in [-0.2, -0.15) is 0 Å². The van der Waals surface area contributed by atoms with Gasteiger partial charge in [0.2, 0.25) is 5.91 Å². The van der Waals surface area contributed by atoms with Gasteiger partial charge in [-0.25, -0.2) is 4.79 Å². The Kier molecular flexibility index (Phi) is 5.40. The third-order valence-electron chi connectivity index (χ3n) is 3.33. The van der Waals surface area contributed by atoms with Crippen LogP contribution in [0.5, 0.6) is 0 Å². The summed E-state index contributed by atoms with van der Waals surface area (Å²) in [6, 6.07) is 3.49. The molecule has 2 atom stereocenters. The van der Waals surface area contributed by atoms with Crippen LogP contribution in [0.25, 0.3) is 0 Å². The van der Waals surface area contributed by atoms with Crippen molar-refractivity contribution in [3.63, 3.8) is 0 Å². The maximum absolute atomic E-state index is 11.8. The Morgan fingerprint density at radius 1 is 1.60 bits per heavy atom. The highest BCUT2D eigenvalue weighted by Crippen LogP contribution is 2.13. The number of rotatable bonds is 5. The fourth-order valence-electron chi connectivity index (χ4n) is 2.23. The van der Waals surface area contributed by atoms with Crippen LogP contribution in [-0.2, 0) is 11.2 Å². The Labute approximate surface area is 123 Å². The molecule has 6 heteroatoms. The van der Waals surface area contributed by atoms with E-state index in [9.17, 15) is 9.59 Å². The summed E-state index contributed by atoms with van der Waals surface area (Å²) in [6.45, 7) is 3.42. The number of hydrogen-bond acceptors (Lipinski definition) is 3. The van der Waals surface area contributed by atoms with Gasteiger partial charge in [0.25, 0.3) is 0 Å². The number of urea groups is 1. The second kappa shape index (κ2) is 7.28. The number of thiophene rings is 1. The summed E-state index contributed by atoms with van der Waals surface area (Å²) in [6.07, 6.45) is 2.58. The smallest absolute Gasteiger partial charge is 0.315 e. The van der Waals surface area contributed by atoms with Crippen LogP contribution in [0.15, 0.2) is 17.5 Å². The molecule has 3 N–H and O–H groups in total. The monoisotopic (exact) mass is 295 g/mol. The molecule has 0 aromatic carbocycles. The molecule has 0 bridgehead atoms. The first-order valence-electron chi connectivity index (χ1n) is 6.99. The van der Waals surface area contributed by atoms with Crippen molar-refractivity contribution >= 4 is 23.3 Å². The van der Waals surface area contributed by atoms with Crippen molar-refractivity contribution < 1.29 is 9.59 Å². The van der Waals surface area contributed by atoms with Gasteiger partial charge in [0.15, 0.2) is 0 Å². The lowest BCUT2D eigenvalue weighted by atomic mass is 10.1. The molecule has 0 radical (unpaired) electrons. The number of carbonyl (C=O) groups excluding carboxylic acids is 2. The highest BCUT2D eigenvalue weighted by Gasteiger charge is 2.23. The molecule has 0 saturated carbocycles. The summed E-state index contributed by atoms with van der Waals surface area (Å²) in [4.78, 5) is 24.6. The summed E-state index contributed by atoms with van der Waals surface area (Å²) < 4.78 is 0. The molecule has 110 valence electrons. The minimum atomic E-state index is -0.392. The van der Waals surface area contributed by atoms with Crippen molar-refractivity contribution in [1.29, 1.82) is 0 Å². The Hall–Kier alpha value is -1.56. The molecule has 1 aliphatic heterocycles. The van der Waals surface area contributed by atoms with E-state index in [1.165, 1.54) is 4.88 Å². The summed E-state index contributed by atoms with van der Waals surface area (Å²) >= 11 is 1.73. The average molecular weight is 295 g/mol. The molecule has 2 rings (SSSR count). The average Bonchev–Trinajstić information content (AvgIpc) is 2.92. The van der Waals surface area contributed by atoms with Gasteiger partial charge in [-0.1, -0.05) is 13.0 Å². The van der Waals surface area contributed by atoms with E-state index in [1.54, 1.807) is 11.3 Å². The number of carbonyl (C=O) groups is 2. The molecule has 1 aromatic heterocycles. The van der Waals surface area contributed by atoms with Crippen molar-refractivity contribution in [2.75, 3.05) is 13.1 Å². The first-order chi connectivity index (χ1) is 9.65. The van der Waals surface area contributed by atoms with Crippen molar-refractivity contribution in [2.45, 2.75) is 32.2 Å². The lowest BCUT2D eigenvalue weighted by molar-refractivity contribution is -0.124. The van der Waals surface area contributed by atoms with Gasteiger partial charge in [0.1, 0.15) is 6.04 Å². The van der Waals surface area contributed by atoms with E-state index in [1.807, 2.05) is 6.07 Å². The van der Waals surface area contributed by atoms with Crippen LogP contribution in [0.2, 0.25) is 0 Å². The maximum Gasteiger partial charge on any atom is 0.315 e. The summed E-state index contributed by atoms with van der Waals surface area (Å²) in [5.41, 5.74) is 0. The zero-order valence-electron chi connectivity index (χ0n) is 11.6. The van der Waals surface area contributed by atoms with Gasteiger partial charge in [-0.05, 0) is 36.6 Å². The molecule has 2 heterocycles. The minimum absolute atomic E-state index is 0.0852.